The van der Waals surface area contributed by atoms with Crippen molar-refractivity contribution >= 4 is 23.4 Å². The normalized spacial score (nSPS) is 22.2. The van der Waals surface area contributed by atoms with Crippen LogP contribution in [0, 0.1) is 0 Å². The predicted molar refractivity (Wildman–Crippen MR) is 82.4 cm³/mol. The first-order chi connectivity index (χ1) is 10.6. The van der Waals surface area contributed by atoms with Gasteiger partial charge in [0.25, 0.3) is 5.91 Å². The van der Waals surface area contributed by atoms with E-state index in [0.29, 0.717) is 17.0 Å². The van der Waals surface area contributed by atoms with Gasteiger partial charge in [-0.05, 0) is 41.8 Å². The molecule has 0 radical (unpaired) electrons. The zero-order chi connectivity index (χ0) is 15.3. The topological polar surface area (TPSA) is 49.4 Å². The fourth-order valence-electron chi connectivity index (χ4n) is 3.33. The van der Waals surface area contributed by atoms with Gasteiger partial charge in [-0.3, -0.25) is 15.0 Å². The van der Waals surface area contributed by atoms with Gasteiger partial charge in [0, 0.05) is 10.6 Å². The lowest BCUT2D eigenvalue weighted by Gasteiger charge is -2.22. The molecule has 2 amide bonds. The van der Waals surface area contributed by atoms with E-state index in [1.807, 2.05) is 24.3 Å². The molecule has 0 saturated carbocycles. The number of halogens is 1. The van der Waals surface area contributed by atoms with E-state index in [4.69, 9.17) is 11.6 Å². The van der Waals surface area contributed by atoms with Crippen LogP contribution < -0.4 is 5.43 Å². The van der Waals surface area contributed by atoms with Gasteiger partial charge in [0.05, 0.1) is 12.0 Å². The Labute approximate surface area is 132 Å². The van der Waals surface area contributed by atoms with E-state index >= 15 is 0 Å². The van der Waals surface area contributed by atoms with Crippen LogP contribution >= 0.6 is 11.6 Å². The molecule has 2 atom stereocenters. The Bertz CT molecular complexity index is 772. The molecule has 1 fully saturated rings. The molecule has 4 rings (SSSR count). The Morgan fingerprint density at radius 2 is 1.86 bits per heavy atom. The van der Waals surface area contributed by atoms with Crippen molar-refractivity contribution in [3.8, 4) is 0 Å². The number of hydrogen-bond donors (Lipinski definition) is 1. The van der Waals surface area contributed by atoms with E-state index in [1.165, 1.54) is 5.01 Å². The van der Waals surface area contributed by atoms with E-state index in [0.717, 1.165) is 11.1 Å². The molecule has 4 nitrogen and oxygen atoms in total. The number of fused-ring (bicyclic) bond motifs is 3. The number of hydrogen-bond acceptors (Lipinski definition) is 2. The summed E-state index contributed by atoms with van der Waals surface area (Å²) in [6.07, 6.45) is 0.693. The smallest absolute Gasteiger partial charge is 0.272 e. The molecule has 110 valence electrons. The summed E-state index contributed by atoms with van der Waals surface area (Å²) in [5.41, 5.74) is 5.40. The van der Waals surface area contributed by atoms with Crippen molar-refractivity contribution in [2.75, 3.05) is 0 Å². The van der Waals surface area contributed by atoms with Crippen molar-refractivity contribution in [1.82, 2.24) is 10.4 Å². The molecule has 0 aromatic heterocycles. The third-order valence-electron chi connectivity index (χ3n) is 4.36. The molecule has 1 aliphatic carbocycles. The van der Waals surface area contributed by atoms with Crippen LogP contribution in [0.2, 0.25) is 5.02 Å². The van der Waals surface area contributed by atoms with Crippen LogP contribution in [-0.4, -0.2) is 22.9 Å². The van der Waals surface area contributed by atoms with Crippen LogP contribution in [0.15, 0.2) is 48.5 Å². The summed E-state index contributed by atoms with van der Waals surface area (Å²) in [5.74, 6) is -0.588. The Balaban J connectivity index is 1.67. The second-order valence-electron chi connectivity index (χ2n) is 5.61. The van der Waals surface area contributed by atoms with Crippen LogP contribution in [0.3, 0.4) is 0 Å². The summed E-state index contributed by atoms with van der Waals surface area (Å²) in [6.45, 7) is 0. The first-order valence-corrected chi connectivity index (χ1v) is 7.50. The van der Waals surface area contributed by atoms with Gasteiger partial charge in [0.2, 0.25) is 5.91 Å². The molecule has 2 aliphatic rings. The molecular formula is C17H13ClN2O2. The molecule has 22 heavy (non-hydrogen) atoms. The summed E-state index contributed by atoms with van der Waals surface area (Å²) >= 11 is 5.85. The lowest BCUT2D eigenvalue weighted by Crippen LogP contribution is -2.43. The highest BCUT2D eigenvalue weighted by Gasteiger charge is 2.48. The van der Waals surface area contributed by atoms with Gasteiger partial charge in [0.1, 0.15) is 0 Å². The Kier molecular flexibility index (Phi) is 2.94. The first kappa shape index (κ1) is 13.3. The summed E-state index contributed by atoms with van der Waals surface area (Å²) < 4.78 is 0. The number of nitrogens with zero attached hydrogens (tertiary/aromatic N) is 1. The van der Waals surface area contributed by atoms with Gasteiger partial charge >= 0.3 is 0 Å². The van der Waals surface area contributed by atoms with Crippen molar-refractivity contribution in [3.63, 3.8) is 0 Å². The number of amides is 2. The largest absolute Gasteiger partial charge is 0.272 e. The van der Waals surface area contributed by atoms with E-state index in [1.54, 1.807) is 24.3 Å². The van der Waals surface area contributed by atoms with E-state index in [-0.39, 0.29) is 23.8 Å². The first-order valence-electron chi connectivity index (χ1n) is 7.12. The molecule has 0 spiro atoms. The number of carbonyl (C=O) groups excluding carboxylic acids is 2. The van der Waals surface area contributed by atoms with Crippen LogP contribution in [-0.2, 0) is 11.2 Å². The SMILES string of the molecule is O=C1NN(C(=O)c2ccc(Cl)cc2)C2Cc3ccccc3C12. The monoisotopic (exact) mass is 312 g/mol. The highest BCUT2D eigenvalue weighted by molar-refractivity contribution is 6.30. The average Bonchev–Trinajstić information content (AvgIpc) is 3.05. The molecular weight excluding hydrogens is 300 g/mol. The zero-order valence-corrected chi connectivity index (χ0v) is 12.4. The average molecular weight is 313 g/mol. The minimum atomic E-state index is -0.271. The summed E-state index contributed by atoms with van der Waals surface area (Å²) in [7, 11) is 0. The third kappa shape index (κ3) is 1.91. The second kappa shape index (κ2) is 4.85. The lowest BCUT2D eigenvalue weighted by atomic mass is 9.99. The van der Waals surface area contributed by atoms with E-state index < -0.39 is 0 Å². The number of carbonyl (C=O) groups is 2. The minimum absolute atomic E-state index is 0.114. The molecule has 1 heterocycles. The van der Waals surface area contributed by atoms with Crippen LogP contribution in [0.1, 0.15) is 27.4 Å². The van der Waals surface area contributed by atoms with Crippen LogP contribution in [0.5, 0.6) is 0 Å². The molecule has 2 unspecified atom stereocenters. The maximum absolute atomic E-state index is 12.7. The van der Waals surface area contributed by atoms with Gasteiger partial charge in [-0.1, -0.05) is 35.9 Å². The molecule has 2 aromatic rings. The molecule has 1 aliphatic heterocycles. The minimum Gasteiger partial charge on any atom is -0.272 e. The number of benzene rings is 2. The molecule has 1 N–H and O–H groups in total. The fourth-order valence-corrected chi connectivity index (χ4v) is 3.46. The number of rotatable bonds is 1. The van der Waals surface area contributed by atoms with Crippen LogP contribution in [0.25, 0.3) is 0 Å². The van der Waals surface area contributed by atoms with Gasteiger partial charge in [-0.2, -0.15) is 0 Å². The molecule has 5 heteroatoms. The van der Waals surface area contributed by atoms with Crippen molar-refractivity contribution in [1.29, 1.82) is 0 Å². The van der Waals surface area contributed by atoms with Gasteiger partial charge in [0.15, 0.2) is 0 Å². The van der Waals surface area contributed by atoms with Gasteiger partial charge < -0.3 is 0 Å². The highest BCUT2D eigenvalue weighted by Crippen LogP contribution is 2.39. The zero-order valence-electron chi connectivity index (χ0n) is 11.6. The second-order valence-corrected chi connectivity index (χ2v) is 6.04. The Morgan fingerprint density at radius 1 is 1.14 bits per heavy atom. The van der Waals surface area contributed by atoms with E-state index in [2.05, 4.69) is 5.43 Å². The van der Waals surface area contributed by atoms with Crippen molar-refractivity contribution < 1.29 is 9.59 Å². The maximum atomic E-state index is 12.7. The van der Waals surface area contributed by atoms with Crippen molar-refractivity contribution in [3.05, 3.63) is 70.2 Å². The van der Waals surface area contributed by atoms with Gasteiger partial charge in [-0.15, -0.1) is 0 Å². The standard InChI is InChI=1S/C17H13ClN2O2/c18-12-7-5-10(6-8-12)17(22)20-14-9-11-3-1-2-4-13(11)15(14)16(21)19-20/h1-8,14-15H,9H2,(H,19,21). The molecule has 0 bridgehead atoms. The van der Waals surface area contributed by atoms with Crippen LogP contribution in [0.4, 0.5) is 0 Å². The third-order valence-corrected chi connectivity index (χ3v) is 4.61. The Morgan fingerprint density at radius 3 is 2.64 bits per heavy atom. The van der Waals surface area contributed by atoms with Gasteiger partial charge in [-0.25, -0.2) is 5.01 Å². The summed E-state index contributed by atoms with van der Waals surface area (Å²) in [6, 6.07) is 14.4. The van der Waals surface area contributed by atoms with Crippen molar-refractivity contribution in [2.24, 2.45) is 0 Å². The maximum Gasteiger partial charge on any atom is 0.272 e. The molecule has 2 aromatic carbocycles. The summed E-state index contributed by atoms with van der Waals surface area (Å²) in [4.78, 5) is 25.0. The number of nitrogens with one attached hydrogen (secondary N) is 1. The quantitative estimate of drug-likeness (QED) is 0.879. The molecule has 1 saturated heterocycles. The number of hydrazine groups is 1. The summed E-state index contributed by atoms with van der Waals surface area (Å²) in [5, 5.41) is 2.05. The predicted octanol–water partition coefficient (Wildman–Crippen LogP) is 2.54. The lowest BCUT2D eigenvalue weighted by molar-refractivity contribution is -0.121. The fraction of sp³-hybridized carbons (Fsp3) is 0.176. The Hall–Kier alpha value is -2.33. The highest BCUT2D eigenvalue weighted by atomic mass is 35.5. The van der Waals surface area contributed by atoms with E-state index in [9.17, 15) is 9.59 Å². The van der Waals surface area contributed by atoms with Crippen molar-refractivity contribution in [2.45, 2.75) is 18.4 Å².